The van der Waals surface area contributed by atoms with Crippen LogP contribution in [-0.2, 0) is 0 Å². The van der Waals surface area contributed by atoms with Gasteiger partial charge in [-0.2, -0.15) is 0 Å². The van der Waals surface area contributed by atoms with Crippen LogP contribution in [-0.4, -0.2) is 6.21 Å². The summed E-state index contributed by atoms with van der Waals surface area (Å²) in [5.74, 6) is 0. The number of fused-ring (bicyclic) bond motifs is 3. The summed E-state index contributed by atoms with van der Waals surface area (Å²) in [6.45, 7) is 4.34. The second-order valence-electron chi connectivity index (χ2n) is 4.73. The van der Waals surface area contributed by atoms with Crippen LogP contribution in [0, 0.1) is 5.41 Å². The molecule has 2 aromatic rings. The van der Waals surface area contributed by atoms with Crippen molar-refractivity contribution < 1.29 is 0 Å². The van der Waals surface area contributed by atoms with Crippen LogP contribution in [0.5, 0.6) is 0 Å². The Balaban J connectivity index is 2.30. The lowest BCUT2D eigenvalue weighted by molar-refractivity contribution is 0.699. The summed E-state index contributed by atoms with van der Waals surface area (Å²) in [5.41, 5.74) is 1.32. The molecule has 0 saturated heterocycles. The molecule has 80 valence electrons. The molecule has 3 rings (SSSR count). The van der Waals surface area contributed by atoms with Crippen LogP contribution in [0.25, 0.3) is 16.2 Å². The van der Waals surface area contributed by atoms with Crippen LogP contribution < -0.4 is 0 Å². The fourth-order valence-corrected chi connectivity index (χ4v) is 2.91. The van der Waals surface area contributed by atoms with Gasteiger partial charge in [0.05, 0.1) is 0 Å². The molecule has 1 nitrogen and oxygen atoms in total. The molecule has 0 amide bonds. The van der Waals surface area contributed by atoms with Crippen LogP contribution in [0.2, 0.25) is 0 Å². The topological polar surface area (TPSA) is 12.4 Å². The van der Waals surface area contributed by atoms with Gasteiger partial charge in [0.25, 0.3) is 0 Å². The third kappa shape index (κ3) is 1.50. The lowest BCUT2D eigenvalue weighted by Crippen LogP contribution is -2.07. The summed E-state index contributed by atoms with van der Waals surface area (Å²) < 4.78 is 1.31. The first kappa shape index (κ1) is 9.79. The standard InChI is InChI=1S/C14H13NS/c1-14(2)8-7-11-10-5-3-4-6-12(10)16-13(11)15-9-14/h3-9H,1-2H3. The van der Waals surface area contributed by atoms with Crippen molar-refractivity contribution in [3.05, 3.63) is 35.9 Å². The van der Waals surface area contributed by atoms with E-state index in [1.807, 2.05) is 6.21 Å². The number of rotatable bonds is 0. The molecular weight excluding hydrogens is 214 g/mol. The van der Waals surface area contributed by atoms with E-state index in [1.165, 1.54) is 15.6 Å². The second kappa shape index (κ2) is 3.29. The summed E-state index contributed by atoms with van der Waals surface area (Å²) in [5, 5.41) is 2.44. The van der Waals surface area contributed by atoms with Crippen molar-refractivity contribution in [1.29, 1.82) is 0 Å². The number of hydrogen-bond acceptors (Lipinski definition) is 2. The third-order valence-corrected chi connectivity index (χ3v) is 3.90. The summed E-state index contributed by atoms with van der Waals surface area (Å²) in [4.78, 5) is 4.61. The van der Waals surface area contributed by atoms with Crippen LogP contribution in [0.3, 0.4) is 0 Å². The van der Waals surface area contributed by atoms with Gasteiger partial charge >= 0.3 is 0 Å². The zero-order valence-corrected chi connectivity index (χ0v) is 10.2. The summed E-state index contributed by atoms with van der Waals surface area (Å²) >= 11 is 1.76. The number of allylic oxidation sites excluding steroid dienone is 1. The van der Waals surface area contributed by atoms with E-state index in [2.05, 4.69) is 55.3 Å². The molecule has 0 N–H and O–H groups in total. The van der Waals surface area contributed by atoms with Crippen LogP contribution in [0.1, 0.15) is 19.4 Å². The Kier molecular flexibility index (Phi) is 2.01. The Morgan fingerprint density at radius 2 is 2.00 bits per heavy atom. The second-order valence-corrected chi connectivity index (χ2v) is 5.76. The summed E-state index contributed by atoms with van der Waals surface area (Å²) in [6.07, 6.45) is 6.47. The highest BCUT2D eigenvalue weighted by atomic mass is 32.1. The molecule has 0 spiro atoms. The molecule has 1 aromatic carbocycles. The third-order valence-electron chi connectivity index (χ3n) is 2.81. The van der Waals surface area contributed by atoms with Crippen molar-refractivity contribution >= 4 is 38.7 Å². The number of thiophene rings is 1. The van der Waals surface area contributed by atoms with Crippen LogP contribution in [0.4, 0.5) is 5.00 Å². The molecule has 1 aliphatic heterocycles. The van der Waals surface area contributed by atoms with Gasteiger partial charge in [0, 0.05) is 27.3 Å². The minimum atomic E-state index is 0.0554. The van der Waals surface area contributed by atoms with Gasteiger partial charge in [-0.1, -0.05) is 44.2 Å². The Hall–Kier alpha value is -1.41. The average molecular weight is 227 g/mol. The average Bonchev–Trinajstić information content (AvgIpc) is 2.54. The molecular formula is C14H13NS. The number of benzene rings is 1. The maximum absolute atomic E-state index is 4.61. The van der Waals surface area contributed by atoms with E-state index in [0.29, 0.717) is 0 Å². The van der Waals surface area contributed by atoms with E-state index in [1.54, 1.807) is 11.3 Å². The maximum Gasteiger partial charge on any atom is 0.124 e. The smallest absolute Gasteiger partial charge is 0.124 e. The van der Waals surface area contributed by atoms with E-state index in [9.17, 15) is 0 Å². The predicted octanol–water partition coefficient (Wildman–Crippen LogP) is 4.66. The highest BCUT2D eigenvalue weighted by Gasteiger charge is 2.16. The quantitative estimate of drug-likeness (QED) is 0.621. The van der Waals surface area contributed by atoms with Crippen LogP contribution in [0.15, 0.2) is 35.3 Å². The molecule has 0 fully saturated rings. The predicted molar refractivity (Wildman–Crippen MR) is 72.8 cm³/mol. The van der Waals surface area contributed by atoms with Crippen molar-refractivity contribution in [2.75, 3.05) is 0 Å². The maximum atomic E-state index is 4.61. The van der Waals surface area contributed by atoms with Gasteiger partial charge in [-0.25, -0.2) is 4.99 Å². The minimum absolute atomic E-state index is 0.0554. The molecule has 16 heavy (non-hydrogen) atoms. The van der Waals surface area contributed by atoms with Gasteiger partial charge in [0.15, 0.2) is 0 Å². The first-order valence-corrected chi connectivity index (χ1v) is 6.23. The molecule has 1 aliphatic rings. The molecule has 0 atom stereocenters. The summed E-state index contributed by atoms with van der Waals surface area (Å²) in [6, 6.07) is 8.49. The monoisotopic (exact) mass is 227 g/mol. The van der Waals surface area contributed by atoms with Crippen molar-refractivity contribution in [3.8, 4) is 0 Å². The molecule has 0 unspecified atom stereocenters. The number of hydrogen-bond donors (Lipinski definition) is 0. The number of nitrogens with zero attached hydrogens (tertiary/aromatic N) is 1. The van der Waals surface area contributed by atoms with Crippen molar-refractivity contribution in [2.45, 2.75) is 13.8 Å². The van der Waals surface area contributed by atoms with E-state index in [4.69, 9.17) is 0 Å². The fraction of sp³-hybridized carbons (Fsp3) is 0.214. The van der Waals surface area contributed by atoms with Gasteiger partial charge < -0.3 is 0 Å². The van der Waals surface area contributed by atoms with Gasteiger partial charge in [-0.3, -0.25) is 0 Å². The normalized spacial score (nSPS) is 17.4. The molecule has 0 aliphatic carbocycles. The molecule has 0 bridgehead atoms. The Bertz CT molecular complexity index is 602. The molecule has 2 heteroatoms. The molecule has 0 saturated carbocycles. The van der Waals surface area contributed by atoms with E-state index in [0.717, 1.165) is 5.00 Å². The van der Waals surface area contributed by atoms with Gasteiger partial charge in [0.1, 0.15) is 5.00 Å². The SMILES string of the molecule is CC1(C)C=Cc2c(sc3ccccc23)N=C1. The number of aliphatic imine (C=N–C) groups is 1. The summed E-state index contributed by atoms with van der Waals surface area (Å²) in [7, 11) is 0. The minimum Gasteiger partial charge on any atom is -0.249 e. The van der Waals surface area contributed by atoms with Crippen molar-refractivity contribution in [3.63, 3.8) is 0 Å². The van der Waals surface area contributed by atoms with Crippen molar-refractivity contribution in [1.82, 2.24) is 0 Å². The Morgan fingerprint density at radius 3 is 2.88 bits per heavy atom. The van der Waals surface area contributed by atoms with Gasteiger partial charge in [-0.15, -0.1) is 11.3 Å². The largest absolute Gasteiger partial charge is 0.249 e. The van der Waals surface area contributed by atoms with Crippen molar-refractivity contribution in [2.24, 2.45) is 10.4 Å². The first-order valence-electron chi connectivity index (χ1n) is 5.42. The van der Waals surface area contributed by atoms with E-state index < -0.39 is 0 Å². The lowest BCUT2D eigenvalue weighted by Gasteiger charge is -2.10. The Labute approximate surface area is 99.1 Å². The fourth-order valence-electron chi connectivity index (χ4n) is 1.88. The van der Waals surface area contributed by atoms with E-state index >= 15 is 0 Å². The lowest BCUT2D eigenvalue weighted by atomic mass is 9.94. The van der Waals surface area contributed by atoms with Crippen LogP contribution >= 0.6 is 11.3 Å². The van der Waals surface area contributed by atoms with Gasteiger partial charge in [0.2, 0.25) is 0 Å². The highest BCUT2D eigenvalue weighted by molar-refractivity contribution is 7.23. The van der Waals surface area contributed by atoms with Gasteiger partial charge in [-0.05, 0) is 6.07 Å². The molecule has 2 heterocycles. The zero-order valence-electron chi connectivity index (χ0n) is 9.40. The van der Waals surface area contributed by atoms with E-state index in [-0.39, 0.29) is 5.41 Å². The molecule has 0 radical (unpaired) electrons. The Morgan fingerprint density at radius 1 is 1.19 bits per heavy atom. The first-order chi connectivity index (χ1) is 7.66. The highest BCUT2D eigenvalue weighted by Crippen LogP contribution is 2.40. The molecule has 1 aromatic heterocycles. The zero-order chi connectivity index (χ0) is 11.2.